The van der Waals surface area contributed by atoms with Crippen LogP contribution in [0.15, 0.2) is 24.3 Å². The normalized spacial score (nSPS) is 19.8. The number of hydrogen-bond donors (Lipinski definition) is 1. The van der Waals surface area contributed by atoms with E-state index in [4.69, 9.17) is 10.1 Å². The molecule has 8 nitrogen and oxygen atoms in total. The van der Waals surface area contributed by atoms with Crippen molar-refractivity contribution in [2.45, 2.75) is 32.1 Å². The zero-order chi connectivity index (χ0) is 20.9. The molecular weight excluding hydrogens is 422 g/mol. The highest BCUT2D eigenvalue weighted by atomic mass is 32.2. The van der Waals surface area contributed by atoms with Crippen molar-refractivity contribution >= 4 is 43.3 Å². The van der Waals surface area contributed by atoms with Crippen molar-refractivity contribution in [3.8, 4) is 5.13 Å². The van der Waals surface area contributed by atoms with Gasteiger partial charge < -0.3 is 5.32 Å². The summed E-state index contributed by atoms with van der Waals surface area (Å²) >= 11 is 1.54. The minimum absolute atomic E-state index is 0.152. The average Bonchev–Trinajstić information content (AvgIpc) is 3.42. The molecule has 5 rings (SSSR count). The summed E-state index contributed by atoms with van der Waals surface area (Å²) in [6.07, 6.45) is 5.34. The van der Waals surface area contributed by atoms with E-state index in [1.165, 1.54) is 21.9 Å². The fourth-order valence-corrected chi connectivity index (χ4v) is 6.12. The lowest BCUT2D eigenvalue weighted by molar-refractivity contribution is -0.120. The smallest absolute Gasteiger partial charge is 0.229 e. The van der Waals surface area contributed by atoms with Gasteiger partial charge >= 0.3 is 0 Å². The molecule has 1 aromatic carbocycles. The third kappa shape index (κ3) is 3.52. The van der Waals surface area contributed by atoms with Crippen molar-refractivity contribution in [1.82, 2.24) is 19.1 Å². The Labute approximate surface area is 179 Å². The second kappa shape index (κ2) is 7.44. The van der Waals surface area contributed by atoms with Crippen LogP contribution in [0, 0.1) is 5.92 Å². The number of thiazole rings is 1. The number of piperidine rings is 1. The van der Waals surface area contributed by atoms with Crippen molar-refractivity contribution in [3.63, 3.8) is 0 Å². The summed E-state index contributed by atoms with van der Waals surface area (Å²) < 4.78 is 28.1. The van der Waals surface area contributed by atoms with E-state index in [9.17, 15) is 13.2 Å². The lowest BCUT2D eigenvalue weighted by atomic mass is 9.99. The first kappa shape index (κ1) is 19.7. The molecule has 1 aliphatic carbocycles. The number of carbonyl (C=O) groups excluding carboxylic acids is 1. The second-order valence-corrected chi connectivity index (χ2v) is 10.9. The molecule has 0 unspecified atom stereocenters. The third-order valence-electron chi connectivity index (χ3n) is 5.84. The molecular formula is C20H23N5O3S2. The van der Waals surface area contributed by atoms with Crippen LogP contribution in [0.4, 0.5) is 5.82 Å². The number of carbonyl (C=O) groups is 1. The number of nitrogens with one attached hydrogen (secondary N) is 1. The predicted molar refractivity (Wildman–Crippen MR) is 117 cm³/mol. The largest absolute Gasteiger partial charge is 0.310 e. The summed E-state index contributed by atoms with van der Waals surface area (Å²) in [5.74, 6) is 0.160. The number of fused-ring (bicyclic) bond motifs is 2. The van der Waals surface area contributed by atoms with Gasteiger partial charge in [0.2, 0.25) is 21.1 Å². The molecule has 3 heterocycles. The third-order valence-corrected chi connectivity index (χ3v) is 8.12. The fourth-order valence-electron chi connectivity index (χ4n) is 4.29. The maximum atomic E-state index is 13.1. The van der Waals surface area contributed by atoms with Crippen LogP contribution in [0.5, 0.6) is 0 Å². The standard InChI is InChI=1S/C20H23N5O3S2/c1-30(27,28)24-11-5-6-13(12-24)19(26)22-18-14-7-4-9-15(14)23-25(18)20-21-16-8-2-3-10-17(16)29-20/h2-3,8,10,13H,4-7,9,11-12H2,1H3,(H,22,26)/t13-/m1/s1. The summed E-state index contributed by atoms with van der Waals surface area (Å²) in [7, 11) is -3.30. The molecule has 0 radical (unpaired) electrons. The Kier molecular flexibility index (Phi) is 4.87. The molecule has 10 heteroatoms. The molecule has 0 saturated carbocycles. The molecule has 0 spiro atoms. The van der Waals surface area contributed by atoms with Crippen LogP contribution in [-0.4, -0.2) is 52.7 Å². The SMILES string of the molecule is CS(=O)(=O)N1CCC[C@@H](C(=O)Nc2c3c(nn2-c2nc4ccccc4s2)CCC3)C1. The molecule has 1 N–H and O–H groups in total. The first-order chi connectivity index (χ1) is 14.4. The van der Waals surface area contributed by atoms with Gasteiger partial charge in [-0.05, 0) is 44.2 Å². The van der Waals surface area contributed by atoms with Gasteiger partial charge in [0.05, 0.1) is 28.1 Å². The summed E-state index contributed by atoms with van der Waals surface area (Å²) in [5, 5.41) is 8.56. The Hall–Kier alpha value is -2.30. The number of sulfonamides is 1. The maximum absolute atomic E-state index is 13.1. The first-order valence-corrected chi connectivity index (χ1v) is 12.8. The van der Waals surface area contributed by atoms with E-state index in [0.29, 0.717) is 25.2 Å². The van der Waals surface area contributed by atoms with Crippen LogP contribution >= 0.6 is 11.3 Å². The van der Waals surface area contributed by atoms with Gasteiger partial charge in [-0.3, -0.25) is 4.79 Å². The Morgan fingerprint density at radius 3 is 2.87 bits per heavy atom. The maximum Gasteiger partial charge on any atom is 0.229 e. The van der Waals surface area contributed by atoms with E-state index in [1.807, 2.05) is 24.3 Å². The number of aromatic nitrogens is 3. The van der Waals surface area contributed by atoms with Crippen LogP contribution < -0.4 is 5.32 Å². The van der Waals surface area contributed by atoms with Crippen LogP contribution in [0.3, 0.4) is 0 Å². The van der Waals surface area contributed by atoms with Crippen molar-refractivity contribution in [2.75, 3.05) is 24.7 Å². The Balaban J connectivity index is 1.46. The van der Waals surface area contributed by atoms with E-state index < -0.39 is 10.0 Å². The monoisotopic (exact) mass is 445 g/mol. The van der Waals surface area contributed by atoms with Gasteiger partial charge in [-0.1, -0.05) is 23.5 Å². The van der Waals surface area contributed by atoms with Gasteiger partial charge in [0.25, 0.3) is 0 Å². The number of benzene rings is 1. The number of hydrogen-bond acceptors (Lipinski definition) is 6. The predicted octanol–water partition coefficient (Wildman–Crippen LogP) is 2.58. The van der Waals surface area contributed by atoms with E-state index >= 15 is 0 Å². The summed E-state index contributed by atoms with van der Waals surface area (Å²) in [6, 6.07) is 7.92. The second-order valence-electron chi connectivity index (χ2n) is 7.95. The molecule has 2 aliphatic rings. The summed E-state index contributed by atoms with van der Waals surface area (Å²) in [6.45, 7) is 0.698. The van der Waals surface area contributed by atoms with Crippen molar-refractivity contribution < 1.29 is 13.2 Å². The van der Waals surface area contributed by atoms with Gasteiger partial charge in [0.1, 0.15) is 5.82 Å². The zero-order valence-corrected chi connectivity index (χ0v) is 18.3. The zero-order valence-electron chi connectivity index (χ0n) is 16.7. The number of anilines is 1. The molecule has 1 saturated heterocycles. The van der Waals surface area contributed by atoms with Crippen LogP contribution in [0.2, 0.25) is 0 Å². The number of nitrogens with zero attached hydrogens (tertiary/aromatic N) is 4. The average molecular weight is 446 g/mol. The number of aryl methyl sites for hydroxylation is 1. The van der Waals surface area contributed by atoms with Gasteiger partial charge in [0.15, 0.2) is 0 Å². The number of rotatable bonds is 4. The minimum atomic E-state index is -3.30. The van der Waals surface area contributed by atoms with Crippen LogP contribution in [0.25, 0.3) is 15.3 Å². The quantitative estimate of drug-likeness (QED) is 0.666. The van der Waals surface area contributed by atoms with Crippen LogP contribution in [0.1, 0.15) is 30.5 Å². The number of para-hydroxylation sites is 1. The Morgan fingerprint density at radius 1 is 1.23 bits per heavy atom. The van der Waals surface area contributed by atoms with Crippen molar-refractivity contribution in [1.29, 1.82) is 0 Å². The van der Waals surface area contributed by atoms with E-state index in [1.54, 1.807) is 4.68 Å². The number of amides is 1. The minimum Gasteiger partial charge on any atom is -0.310 e. The molecule has 1 atom stereocenters. The fraction of sp³-hybridized carbons (Fsp3) is 0.450. The first-order valence-electron chi connectivity index (χ1n) is 10.1. The molecule has 30 heavy (non-hydrogen) atoms. The van der Waals surface area contributed by atoms with Gasteiger partial charge in [-0.15, -0.1) is 0 Å². The van der Waals surface area contributed by atoms with Crippen molar-refractivity contribution in [2.24, 2.45) is 5.92 Å². The van der Waals surface area contributed by atoms with E-state index in [-0.39, 0.29) is 18.4 Å². The summed E-state index contributed by atoms with van der Waals surface area (Å²) in [4.78, 5) is 17.8. The molecule has 1 amide bonds. The lowest BCUT2D eigenvalue weighted by Crippen LogP contribution is -2.43. The Morgan fingerprint density at radius 2 is 2.07 bits per heavy atom. The lowest BCUT2D eigenvalue weighted by Gasteiger charge is -2.30. The Bertz CT molecular complexity index is 1200. The van der Waals surface area contributed by atoms with Gasteiger partial charge in [-0.25, -0.2) is 17.7 Å². The highest BCUT2D eigenvalue weighted by Gasteiger charge is 2.32. The van der Waals surface area contributed by atoms with Gasteiger partial charge in [-0.2, -0.15) is 9.78 Å². The summed E-state index contributed by atoms with van der Waals surface area (Å²) in [5.41, 5.74) is 2.98. The van der Waals surface area contributed by atoms with Gasteiger partial charge in [0, 0.05) is 18.7 Å². The van der Waals surface area contributed by atoms with Crippen LogP contribution in [-0.2, 0) is 27.7 Å². The van der Waals surface area contributed by atoms with Crippen molar-refractivity contribution in [3.05, 3.63) is 35.5 Å². The topological polar surface area (TPSA) is 97.2 Å². The molecule has 0 bridgehead atoms. The molecule has 158 valence electrons. The molecule has 1 aliphatic heterocycles. The molecule has 2 aromatic heterocycles. The highest BCUT2D eigenvalue weighted by molar-refractivity contribution is 7.88. The molecule has 3 aromatic rings. The highest BCUT2D eigenvalue weighted by Crippen LogP contribution is 2.34. The van der Waals surface area contributed by atoms with E-state index in [2.05, 4.69) is 5.32 Å². The van der Waals surface area contributed by atoms with E-state index in [0.717, 1.165) is 45.9 Å². The molecule has 1 fully saturated rings.